The van der Waals surface area contributed by atoms with Gasteiger partial charge in [0.2, 0.25) is 0 Å². The maximum absolute atomic E-state index is 10.8. The smallest absolute Gasteiger partial charge is 0.330 e. The zero-order chi connectivity index (χ0) is 27.1. The summed E-state index contributed by atoms with van der Waals surface area (Å²) in [5.74, 6) is -0.0928. The van der Waals surface area contributed by atoms with Crippen molar-refractivity contribution in [2.75, 3.05) is 13.2 Å². The van der Waals surface area contributed by atoms with Gasteiger partial charge in [0.25, 0.3) is 0 Å². The monoisotopic (exact) mass is 508 g/mol. The number of esters is 2. The van der Waals surface area contributed by atoms with Crippen molar-refractivity contribution in [3.8, 4) is 0 Å². The number of unbranched alkanes of at least 4 members (excludes halogenated alkanes) is 16. The fourth-order valence-electron chi connectivity index (χ4n) is 4.04. The third-order valence-electron chi connectivity index (χ3n) is 6.58. The lowest BCUT2D eigenvalue weighted by Crippen LogP contribution is -2.12. The first kappa shape index (κ1) is 36.6. The zero-order valence-electron chi connectivity index (χ0n) is 24.3. The predicted octanol–water partition coefficient (Wildman–Crippen LogP) is 9.91. The minimum Gasteiger partial charge on any atom is -0.463 e. The van der Waals surface area contributed by atoms with E-state index in [2.05, 4.69) is 33.9 Å². The van der Waals surface area contributed by atoms with E-state index >= 15 is 0 Å². The fraction of sp³-hybridized carbons (Fsp3) is 0.812. The van der Waals surface area contributed by atoms with Crippen molar-refractivity contribution in [2.24, 2.45) is 5.92 Å². The van der Waals surface area contributed by atoms with Gasteiger partial charge in [-0.05, 0) is 18.8 Å². The van der Waals surface area contributed by atoms with E-state index in [-0.39, 0.29) is 11.9 Å². The molecule has 0 aromatic heterocycles. The molecular weight excluding hydrogens is 448 g/mol. The van der Waals surface area contributed by atoms with E-state index in [4.69, 9.17) is 9.47 Å². The topological polar surface area (TPSA) is 52.6 Å². The largest absolute Gasteiger partial charge is 0.463 e. The molecule has 4 nitrogen and oxygen atoms in total. The summed E-state index contributed by atoms with van der Waals surface area (Å²) in [5.41, 5.74) is 0. The Morgan fingerprint density at radius 3 is 1.36 bits per heavy atom. The van der Waals surface area contributed by atoms with E-state index in [9.17, 15) is 9.59 Å². The SMILES string of the molecule is C=CC(=O)OCC(CC)CCCC.C=CC(=O)OCCCCCCCCCCCCCCCCCC. The van der Waals surface area contributed by atoms with Gasteiger partial charge in [-0.3, -0.25) is 0 Å². The number of ether oxygens (including phenoxy) is 2. The number of hydrogen-bond donors (Lipinski definition) is 0. The van der Waals surface area contributed by atoms with Crippen LogP contribution in [0, 0.1) is 5.92 Å². The van der Waals surface area contributed by atoms with Gasteiger partial charge in [-0.2, -0.15) is 0 Å². The second-order valence-electron chi connectivity index (χ2n) is 9.93. The summed E-state index contributed by atoms with van der Waals surface area (Å²) in [6.07, 6.45) is 28.8. The van der Waals surface area contributed by atoms with E-state index in [0.29, 0.717) is 19.1 Å². The molecule has 0 N–H and O–H groups in total. The van der Waals surface area contributed by atoms with E-state index in [1.807, 2.05) is 0 Å². The molecule has 0 aliphatic heterocycles. The van der Waals surface area contributed by atoms with E-state index in [1.54, 1.807) is 0 Å². The first-order valence-corrected chi connectivity index (χ1v) is 15.1. The molecule has 0 rings (SSSR count). The summed E-state index contributed by atoms with van der Waals surface area (Å²) < 4.78 is 9.94. The Hall–Kier alpha value is -1.58. The first-order valence-electron chi connectivity index (χ1n) is 15.1. The van der Waals surface area contributed by atoms with Crippen molar-refractivity contribution in [3.63, 3.8) is 0 Å². The number of hydrogen-bond acceptors (Lipinski definition) is 4. The molecule has 212 valence electrons. The zero-order valence-corrected chi connectivity index (χ0v) is 24.3. The van der Waals surface area contributed by atoms with Gasteiger partial charge in [-0.25, -0.2) is 9.59 Å². The molecular formula is C32H60O4. The maximum atomic E-state index is 10.8. The second kappa shape index (κ2) is 31.4. The molecule has 0 radical (unpaired) electrons. The molecule has 0 aromatic carbocycles. The standard InChI is InChI=1S/C21H40O2.C11H20O2/c1-3-5-6-7-8-9-10-11-12-13-14-15-16-17-18-19-20-23-21(22)4-2;1-4-7-8-10(5-2)9-13-11(12)6-3/h4H,2-3,5-20H2,1H3;6,10H,3-5,7-9H2,1-2H3. The number of rotatable bonds is 25. The highest BCUT2D eigenvalue weighted by atomic mass is 16.5. The Balaban J connectivity index is 0. The molecule has 0 bridgehead atoms. The molecule has 1 atom stereocenters. The summed E-state index contributed by atoms with van der Waals surface area (Å²) >= 11 is 0. The van der Waals surface area contributed by atoms with Gasteiger partial charge in [0.15, 0.2) is 0 Å². The molecule has 36 heavy (non-hydrogen) atoms. The van der Waals surface area contributed by atoms with Gasteiger partial charge in [-0.15, -0.1) is 0 Å². The summed E-state index contributed by atoms with van der Waals surface area (Å²) in [5, 5.41) is 0. The summed E-state index contributed by atoms with van der Waals surface area (Å²) in [6.45, 7) is 14.4. The lowest BCUT2D eigenvalue weighted by molar-refractivity contribution is -0.139. The van der Waals surface area contributed by atoms with Crippen LogP contribution in [-0.4, -0.2) is 25.2 Å². The minimum atomic E-state index is -0.310. The Morgan fingerprint density at radius 1 is 0.583 bits per heavy atom. The highest BCUT2D eigenvalue weighted by Gasteiger charge is 2.07. The van der Waals surface area contributed by atoms with Crippen LogP contribution in [0.3, 0.4) is 0 Å². The fourth-order valence-corrected chi connectivity index (χ4v) is 4.04. The van der Waals surface area contributed by atoms with Crippen LogP contribution in [0.15, 0.2) is 25.3 Å². The Bertz CT molecular complexity index is 500. The van der Waals surface area contributed by atoms with Crippen LogP contribution in [0.25, 0.3) is 0 Å². The van der Waals surface area contributed by atoms with Crippen molar-refractivity contribution in [2.45, 2.75) is 149 Å². The maximum Gasteiger partial charge on any atom is 0.330 e. The van der Waals surface area contributed by atoms with Crippen molar-refractivity contribution < 1.29 is 19.1 Å². The molecule has 0 fully saturated rings. The molecule has 0 aromatic rings. The van der Waals surface area contributed by atoms with Crippen LogP contribution in [0.2, 0.25) is 0 Å². The average molecular weight is 509 g/mol. The molecule has 0 aliphatic carbocycles. The quantitative estimate of drug-likeness (QED) is 0.0699. The van der Waals surface area contributed by atoms with Gasteiger partial charge in [0.1, 0.15) is 0 Å². The molecule has 1 unspecified atom stereocenters. The van der Waals surface area contributed by atoms with Gasteiger partial charge >= 0.3 is 11.9 Å². The van der Waals surface area contributed by atoms with Gasteiger partial charge in [0.05, 0.1) is 13.2 Å². The van der Waals surface area contributed by atoms with Crippen LogP contribution in [0.4, 0.5) is 0 Å². The number of carbonyl (C=O) groups excluding carboxylic acids is 2. The van der Waals surface area contributed by atoms with Crippen molar-refractivity contribution in [3.05, 3.63) is 25.3 Å². The second-order valence-corrected chi connectivity index (χ2v) is 9.93. The van der Waals surface area contributed by atoms with Gasteiger partial charge in [-0.1, -0.05) is 150 Å². The first-order chi connectivity index (χ1) is 17.5. The highest BCUT2D eigenvalue weighted by molar-refractivity contribution is 5.81. The third kappa shape index (κ3) is 30.5. The van der Waals surface area contributed by atoms with E-state index < -0.39 is 0 Å². The molecule has 0 aliphatic rings. The van der Waals surface area contributed by atoms with Crippen molar-refractivity contribution in [1.82, 2.24) is 0 Å². The van der Waals surface area contributed by atoms with Crippen LogP contribution in [0.1, 0.15) is 149 Å². The molecule has 0 amide bonds. The van der Waals surface area contributed by atoms with E-state index in [1.165, 1.54) is 121 Å². The van der Waals surface area contributed by atoms with E-state index in [0.717, 1.165) is 19.3 Å². The van der Waals surface area contributed by atoms with Crippen LogP contribution in [-0.2, 0) is 19.1 Å². The normalized spacial score (nSPS) is 11.2. The molecule has 0 saturated heterocycles. The Morgan fingerprint density at radius 2 is 0.972 bits per heavy atom. The third-order valence-corrected chi connectivity index (χ3v) is 6.58. The summed E-state index contributed by atoms with van der Waals surface area (Å²) in [6, 6.07) is 0. The molecule has 0 spiro atoms. The molecule has 0 saturated carbocycles. The summed E-state index contributed by atoms with van der Waals surface area (Å²) in [7, 11) is 0. The van der Waals surface area contributed by atoms with Crippen LogP contribution >= 0.6 is 0 Å². The van der Waals surface area contributed by atoms with Crippen LogP contribution < -0.4 is 0 Å². The Labute approximate surface area is 224 Å². The van der Waals surface area contributed by atoms with Crippen LogP contribution in [0.5, 0.6) is 0 Å². The van der Waals surface area contributed by atoms with Gasteiger partial charge in [0, 0.05) is 12.2 Å². The Kier molecular flexibility index (Phi) is 32.0. The van der Waals surface area contributed by atoms with Crippen molar-refractivity contribution >= 4 is 11.9 Å². The minimum absolute atomic E-state index is 0.300. The highest BCUT2D eigenvalue weighted by Crippen LogP contribution is 2.14. The number of carbonyl (C=O) groups is 2. The lowest BCUT2D eigenvalue weighted by Gasteiger charge is -2.13. The predicted molar refractivity (Wildman–Crippen MR) is 155 cm³/mol. The molecule has 0 heterocycles. The molecule has 4 heteroatoms. The van der Waals surface area contributed by atoms with Crippen molar-refractivity contribution in [1.29, 1.82) is 0 Å². The average Bonchev–Trinajstić information content (AvgIpc) is 2.90. The lowest BCUT2D eigenvalue weighted by atomic mass is 10.0. The summed E-state index contributed by atoms with van der Waals surface area (Å²) in [4.78, 5) is 21.6. The van der Waals surface area contributed by atoms with Gasteiger partial charge < -0.3 is 9.47 Å².